The molecule has 1 aliphatic carbocycles. The standard InChI is InChI=1S/C19H24ClN3O3/c1-13-22-18(23-26-13)19(6-3-2-4-7-19)21-12-14-10-15(20)17-16(11-14)24-8-5-9-25-17/h10-11,21H,2-9,12H2,1H3. The second kappa shape index (κ2) is 7.45. The van der Waals surface area contributed by atoms with Gasteiger partial charge in [-0.1, -0.05) is 36.0 Å². The van der Waals surface area contributed by atoms with Gasteiger partial charge < -0.3 is 19.3 Å². The molecule has 2 aromatic rings. The molecule has 2 heterocycles. The van der Waals surface area contributed by atoms with Gasteiger partial charge in [0, 0.05) is 19.9 Å². The summed E-state index contributed by atoms with van der Waals surface area (Å²) >= 11 is 6.42. The molecular weight excluding hydrogens is 354 g/mol. The Labute approximate surface area is 158 Å². The molecule has 7 heteroatoms. The van der Waals surface area contributed by atoms with Crippen LogP contribution in [0.25, 0.3) is 0 Å². The molecule has 1 aliphatic heterocycles. The van der Waals surface area contributed by atoms with Crippen LogP contribution in [0.3, 0.4) is 0 Å². The maximum Gasteiger partial charge on any atom is 0.223 e. The van der Waals surface area contributed by atoms with Gasteiger partial charge in [-0.2, -0.15) is 4.98 Å². The van der Waals surface area contributed by atoms with E-state index in [1.54, 1.807) is 0 Å². The summed E-state index contributed by atoms with van der Waals surface area (Å²) in [5.74, 6) is 2.73. The van der Waals surface area contributed by atoms with Crippen molar-refractivity contribution in [1.82, 2.24) is 15.5 Å². The summed E-state index contributed by atoms with van der Waals surface area (Å²) in [6.45, 7) is 3.76. The number of rotatable bonds is 4. The van der Waals surface area contributed by atoms with Gasteiger partial charge in [0.25, 0.3) is 0 Å². The smallest absolute Gasteiger partial charge is 0.223 e. The van der Waals surface area contributed by atoms with Gasteiger partial charge in [-0.25, -0.2) is 0 Å². The lowest BCUT2D eigenvalue weighted by Gasteiger charge is -2.35. The zero-order valence-electron chi connectivity index (χ0n) is 15.0. The summed E-state index contributed by atoms with van der Waals surface area (Å²) in [6, 6.07) is 3.96. The summed E-state index contributed by atoms with van der Waals surface area (Å²) < 4.78 is 16.8. The van der Waals surface area contributed by atoms with Crippen molar-refractivity contribution in [3.63, 3.8) is 0 Å². The molecule has 4 rings (SSSR count). The maximum absolute atomic E-state index is 6.42. The molecule has 1 aromatic carbocycles. The van der Waals surface area contributed by atoms with Crippen LogP contribution in [0.1, 0.15) is 55.8 Å². The normalized spacial score (nSPS) is 19.2. The fourth-order valence-corrected chi connectivity index (χ4v) is 4.07. The minimum Gasteiger partial charge on any atom is -0.489 e. The minimum atomic E-state index is -0.243. The molecule has 0 spiro atoms. The maximum atomic E-state index is 6.42. The number of ether oxygens (including phenoxy) is 2. The highest BCUT2D eigenvalue weighted by molar-refractivity contribution is 6.32. The van der Waals surface area contributed by atoms with Gasteiger partial charge >= 0.3 is 0 Å². The number of hydrogen-bond acceptors (Lipinski definition) is 6. The number of halogens is 1. The average molecular weight is 378 g/mol. The van der Waals surface area contributed by atoms with E-state index < -0.39 is 0 Å². The van der Waals surface area contributed by atoms with E-state index in [0.717, 1.165) is 49.2 Å². The quantitative estimate of drug-likeness (QED) is 0.863. The van der Waals surface area contributed by atoms with Crippen LogP contribution in [0.4, 0.5) is 0 Å². The Morgan fingerprint density at radius 1 is 1.12 bits per heavy atom. The second-order valence-electron chi connectivity index (χ2n) is 7.09. The van der Waals surface area contributed by atoms with Crippen LogP contribution in [0, 0.1) is 6.92 Å². The Balaban J connectivity index is 1.56. The molecule has 0 bridgehead atoms. The Morgan fingerprint density at radius 2 is 1.92 bits per heavy atom. The first kappa shape index (κ1) is 17.6. The van der Waals surface area contributed by atoms with Crippen LogP contribution in [0.2, 0.25) is 5.02 Å². The Kier molecular flexibility index (Phi) is 5.05. The van der Waals surface area contributed by atoms with Gasteiger partial charge in [-0.05, 0) is 30.5 Å². The number of fused-ring (bicyclic) bond motifs is 1. The predicted molar refractivity (Wildman–Crippen MR) is 97.7 cm³/mol. The fourth-order valence-electron chi connectivity index (χ4n) is 3.79. The number of benzene rings is 1. The van der Waals surface area contributed by atoms with E-state index in [1.807, 2.05) is 19.1 Å². The highest BCUT2D eigenvalue weighted by Crippen LogP contribution is 2.39. The fraction of sp³-hybridized carbons (Fsp3) is 0.579. The molecule has 1 N–H and O–H groups in total. The molecule has 0 amide bonds. The van der Waals surface area contributed by atoms with Crippen LogP contribution in [0.15, 0.2) is 16.7 Å². The molecule has 26 heavy (non-hydrogen) atoms. The van der Waals surface area contributed by atoms with Gasteiger partial charge in [0.2, 0.25) is 5.89 Å². The molecule has 0 unspecified atom stereocenters. The van der Waals surface area contributed by atoms with Gasteiger partial charge in [-0.15, -0.1) is 0 Å². The number of nitrogens with zero attached hydrogens (tertiary/aromatic N) is 2. The van der Waals surface area contributed by atoms with Crippen LogP contribution in [-0.2, 0) is 12.1 Å². The third-order valence-corrected chi connectivity index (χ3v) is 5.44. The third kappa shape index (κ3) is 3.53. The lowest BCUT2D eigenvalue weighted by molar-refractivity contribution is 0.210. The van der Waals surface area contributed by atoms with Gasteiger partial charge in [0.1, 0.15) is 0 Å². The number of aryl methyl sites for hydroxylation is 1. The topological polar surface area (TPSA) is 69.4 Å². The summed E-state index contributed by atoms with van der Waals surface area (Å²) in [6.07, 6.45) is 6.43. The number of nitrogens with one attached hydrogen (secondary N) is 1. The lowest BCUT2D eigenvalue weighted by atomic mass is 9.81. The van der Waals surface area contributed by atoms with Crippen LogP contribution >= 0.6 is 11.6 Å². The van der Waals surface area contributed by atoms with Gasteiger partial charge in [-0.3, -0.25) is 0 Å². The van der Waals surface area contributed by atoms with Crippen molar-refractivity contribution < 1.29 is 14.0 Å². The predicted octanol–water partition coefficient (Wildman–Crippen LogP) is 4.14. The van der Waals surface area contributed by atoms with E-state index in [2.05, 4.69) is 15.5 Å². The molecular formula is C19H24ClN3O3. The largest absolute Gasteiger partial charge is 0.489 e. The van der Waals surface area contributed by atoms with Crippen molar-refractivity contribution in [3.8, 4) is 11.5 Å². The van der Waals surface area contributed by atoms with Crippen molar-refractivity contribution >= 4 is 11.6 Å². The van der Waals surface area contributed by atoms with Crippen LogP contribution in [-0.4, -0.2) is 23.4 Å². The van der Waals surface area contributed by atoms with Crippen molar-refractivity contribution in [2.45, 2.75) is 57.5 Å². The van der Waals surface area contributed by atoms with E-state index in [0.29, 0.717) is 36.4 Å². The molecule has 1 aromatic heterocycles. The molecule has 6 nitrogen and oxygen atoms in total. The van der Waals surface area contributed by atoms with E-state index in [1.165, 1.54) is 6.42 Å². The number of hydrogen-bond donors (Lipinski definition) is 1. The second-order valence-corrected chi connectivity index (χ2v) is 7.50. The van der Waals surface area contributed by atoms with E-state index in [9.17, 15) is 0 Å². The zero-order chi connectivity index (χ0) is 18.0. The molecule has 140 valence electrons. The van der Waals surface area contributed by atoms with Crippen molar-refractivity contribution in [3.05, 3.63) is 34.4 Å². The molecule has 1 fully saturated rings. The highest BCUT2D eigenvalue weighted by atomic mass is 35.5. The minimum absolute atomic E-state index is 0.243. The third-order valence-electron chi connectivity index (χ3n) is 5.16. The zero-order valence-corrected chi connectivity index (χ0v) is 15.8. The van der Waals surface area contributed by atoms with Crippen molar-refractivity contribution in [1.29, 1.82) is 0 Å². The SMILES string of the molecule is Cc1nc(C2(NCc3cc(Cl)c4c(c3)OCCCO4)CCCCC2)no1. The molecule has 0 atom stereocenters. The number of aromatic nitrogens is 2. The molecule has 0 saturated heterocycles. The lowest BCUT2D eigenvalue weighted by Crippen LogP contribution is -2.44. The molecule has 1 saturated carbocycles. The Morgan fingerprint density at radius 3 is 2.69 bits per heavy atom. The Hall–Kier alpha value is -1.79. The first-order chi connectivity index (χ1) is 12.7. The van der Waals surface area contributed by atoms with E-state index in [4.69, 9.17) is 25.6 Å². The van der Waals surface area contributed by atoms with Crippen LogP contribution < -0.4 is 14.8 Å². The van der Waals surface area contributed by atoms with E-state index >= 15 is 0 Å². The van der Waals surface area contributed by atoms with Gasteiger partial charge in [0.15, 0.2) is 17.3 Å². The van der Waals surface area contributed by atoms with Crippen molar-refractivity contribution in [2.24, 2.45) is 0 Å². The summed E-state index contributed by atoms with van der Waals surface area (Å²) in [5.41, 5.74) is 0.816. The summed E-state index contributed by atoms with van der Waals surface area (Å²) in [5, 5.41) is 8.49. The monoisotopic (exact) mass is 377 g/mol. The Bertz CT molecular complexity index is 771. The summed E-state index contributed by atoms with van der Waals surface area (Å²) in [7, 11) is 0. The van der Waals surface area contributed by atoms with E-state index in [-0.39, 0.29) is 5.54 Å². The summed E-state index contributed by atoms with van der Waals surface area (Å²) in [4.78, 5) is 4.51. The molecule has 0 radical (unpaired) electrons. The first-order valence-electron chi connectivity index (χ1n) is 9.30. The first-order valence-corrected chi connectivity index (χ1v) is 9.68. The van der Waals surface area contributed by atoms with Gasteiger partial charge in [0.05, 0.1) is 23.8 Å². The highest BCUT2D eigenvalue weighted by Gasteiger charge is 2.37. The van der Waals surface area contributed by atoms with Crippen molar-refractivity contribution in [2.75, 3.05) is 13.2 Å². The molecule has 2 aliphatic rings. The van der Waals surface area contributed by atoms with Crippen LogP contribution in [0.5, 0.6) is 11.5 Å². The average Bonchev–Trinajstić information content (AvgIpc) is 2.95.